The molecule has 3 nitrogen and oxygen atoms in total. The van der Waals surface area contributed by atoms with Gasteiger partial charge in [0.15, 0.2) is 11.3 Å². The molecule has 0 N–H and O–H groups in total. The molecule has 0 radical (unpaired) electrons. The van der Waals surface area contributed by atoms with Crippen LogP contribution in [0.3, 0.4) is 0 Å². The molecule has 0 spiro atoms. The lowest BCUT2D eigenvalue weighted by Crippen LogP contribution is -2.05. The molecule has 0 aliphatic carbocycles. The molecule has 0 saturated carbocycles. The fourth-order valence-electron chi connectivity index (χ4n) is 0.992. The van der Waals surface area contributed by atoms with Crippen LogP contribution in [0.4, 0.5) is 13.2 Å². The van der Waals surface area contributed by atoms with Crippen LogP contribution in [0, 0.1) is 0 Å². The summed E-state index contributed by atoms with van der Waals surface area (Å²) in [6.07, 6.45) is -1.93. The minimum Gasteiger partial charge on any atom is -0.235 e. The summed E-state index contributed by atoms with van der Waals surface area (Å²) in [4.78, 5) is 3.68. The van der Waals surface area contributed by atoms with Crippen molar-refractivity contribution in [3.63, 3.8) is 0 Å². The van der Waals surface area contributed by atoms with Crippen molar-refractivity contribution in [3.8, 4) is 0 Å². The Balaban J connectivity index is 2.63. The summed E-state index contributed by atoms with van der Waals surface area (Å²) in [5.41, 5.74) is -0.867. The molecule has 74 valence electrons. The van der Waals surface area contributed by atoms with Crippen molar-refractivity contribution in [1.29, 1.82) is 0 Å². The Bertz CT molecular complexity index is 476. The van der Waals surface area contributed by atoms with E-state index < -0.39 is 11.9 Å². The summed E-state index contributed by atoms with van der Waals surface area (Å²) in [5, 5.41) is 3.52. The summed E-state index contributed by atoms with van der Waals surface area (Å²) in [5.74, 6) is 0. The standard InChI is InChI=1S/C7H3ClF3N3/c8-4-2-12-6-1-5(7(9,10)11)13-14(6)3-4/h1-3H. The van der Waals surface area contributed by atoms with Crippen LogP contribution >= 0.6 is 11.6 Å². The Morgan fingerprint density at radius 2 is 2.07 bits per heavy atom. The van der Waals surface area contributed by atoms with Crippen LogP contribution < -0.4 is 0 Å². The van der Waals surface area contributed by atoms with E-state index in [2.05, 4.69) is 10.1 Å². The average molecular weight is 222 g/mol. The van der Waals surface area contributed by atoms with Crippen molar-refractivity contribution < 1.29 is 13.2 Å². The Morgan fingerprint density at radius 1 is 1.36 bits per heavy atom. The van der Waals surface area contributed by atoms with Crippen LogP contribution in [0.25, 0.3) is 5.65 Å². The van der Waals surface area contributed by atoms with Crippen molar-refractivity contribution >= 4 is 17.2 Å². The van der Waals surface area contributed by atoms with E-state index in [0.717, 1.165) is 10.6 Å². The van der Waals surface area contributed by atoms with Gasteiger partial charge in [-0.15, -0.1) is 0 Å². The molecule has 0 saturated heterocycles. The molecule has 2 aromatic rings. The topological polar surface area (TPSA) is 30.2 Å². The zero-order valence-corrected chi connectivity index (χ0v) is 7.34. The number of alkyl halides is 3. The summed E-state index contributed by atoms with van der Waals surface area (Å²) in [6.45, 7) is 0. The van der Waals surface area contributed by atoms with Gasteiger partial charge in [-0.2, -0.15) is 18.3 Å². The monoisotopic (exact) mass is 221 g/mol. The molecule has 2 rings (SSSR count). The number of hydrogen-bond donors (Lipinski definition) is 0. The summed E-state index contributed by atoms with van der Waals surface area (Å²) < 4.78 is 37.6. The number of rotatable bonds is 0. The summed E-state index contributed by atoms with van der Waals surface area (Å²) in [6, 6.07) is 0.857. The number of aromatic nitrogens is 3. The minimum atomic E-state index is -4.46. The van der Waals surface area contributed by atoms with Gasteiger partial charge in [0.25, 0.3) is 0 Å². The molecule has 14 heavy (non-hydrogen) atoms. The maximum absolute atomic E-state index is 12.2. The molecule has 0 aromatic carbocycles. The first-order chi connectivity index (χ1) is 6.47. The second kappa shape index (κ2) is 2.84. The molecule has 0 aliphatic rings. The lowest BCUT2D eigenvalue weighted by Gasteiger charge is -1.98. The van der Waals surface area contributed by atoms with Gasteiger partial charge in [-0.1, -0.05) is 11.6 Å². The molecule has 0 amide bonds. The van der Waals surface area contributed by atoms with Gasteiger partial charge < -0.3 is 0 Å². The lowest BCUT2D eigenvalue weighted by atomic mass is 10.4. The number of fused-ring (bicyclic) bond motifs is 1. The van der Waals surface area contributed by atoms with E-state index >= 15 is 0 Å². The Morgan fingerprint density at radius 3 is 2.71 bits per heavy atom. The van der Waals surface area contributed by atoms with Gasteiger partial charge in [-0.3, -0.25) is 0 Å². The third kappa shape index (κ3) is 1.52. The van der Waals surface area contributed by atoms with E-state index in [1.54, 1.807) is 0 Å². The van der Waals surface area contributed by atoms with Crippen molar-refractivity contribution in [2.24, 2.45) is 0 Å². The van der Waals surface area contributed by atoms with Crippen molar-refractivity contribution in [3.05, 3.63) is 29.2 Å². The molecule has 2 heterocycles. The van der Waals surface area contributed by atoms with Crippen molar-refractivity contribution in [1.82, 2.24) is 14.6 Å². The first kappa shape index (κ1) is 9.26. The van der Waals surface area contributed by atoms with Crippen LogP contribution in [0.5, 0.6) is 0 Å². The molecule has 0 unspecified atom stereocenters. The fraction of sp³-hybridized carbons (Fsp3) is 0.143. The molecular weight excluding hydrogens is 219 g/mol. The Labute approximate surface area is 81.1 Å². The predicted octanol–water partition coefficient (Wildman–Crippen LogP) is 2.40. The normalized spacial score (nSPS) is 12.3. The molecule has 0 aliphatic heterocycles. The van der Waals surface area contributed by atoms with Crippen LogP contribution in [0.1, 0.15) is 5.69 Å². The third-order valence-electron chi connectivity index (χ3n) is 1.57. The number of hydrogen-bond acceptors (Lipinski definition) is 2. The Hall–Kier alpha value is -1.30. The van der Waals surface area contributed by atoms with Gasteiger partial charge in [-0.05, 0) is 0 Å². The van der Waals surface area contributed by atoms with Crippen LogP contribution in [0.2, 0.25) is 5.02 Å². The van der Waals surface area contributed by atoms with Gasteiger partial charge in [-0.25, -0.2) is 9.50 Å². The maximum Gasteiger partial charge on any atom is 0.435 e. The Kier molecular flexibility index (Phi) is 1.88. The van der Waals surface area contributed by atoms with Gasteiger partial charge >= 0.3 is 6.18 Å². The highest BCUT2D eigenvalue weighted by Crippen LogP contribution is 2.28. The zero-order valence-electron chi connectivity index (χ0n) is 6.59. The molecule has 0 bridgehead atoms. The largest absolute Gasteiger partial charge is 0.435 e. The SMILES string of the molecule is FC(F)(F)c1cc2ncc(Cl)cn2n1. The van der Waals surface area contributed by atoms with E-state index in [4.69, 9.17) is 11.6 Å². The predicted molar refractivity (Wildman–Crippen MR) is 43.0 cm³/mol. The van der Waals surface area contributed by atoms with Crippen LogP contribution in [-0.2, 0) is 6.18 Å². The summed E-state index contributed by atoms with van der Waals surface area (Å²) >= 11 is 5.54. The number of halogens is 4. The molecule has 7 heteroatoms. The fourth-order valence-corrected chi connectivity index (χ4v) is 1.13. The second-order valence-electron chi connectivity index (χ2n) is 2.60. The quantitative estimate of drug-likeness (QED) is 0.684. The van der Waals surface area contributed by atoms with Gasteiger partial charge in [0.2, 0.25) is 0 Å². The van der Waals surface area contributed by atoms with E-state index in [1.165, 1.54) is 12.4 Å². The molecular formula is C7H3ClF3N3. The second-order valence-corrected chi connectivity index (χ2v) is 3.04. The van der Waals surface area contributed by atoms with E-state index in [1.807, 2.05) is 0 Å². The van der Waals surface area contributed by atoms with Gasteiger partial charge in [0.05, 0.1) is 11.2 Å². The van der Waals surface area contributed by atoms with Crippen LogP contribution in [0.15, 0.2) is 18.5 Å². The lowest BCUT2D eigenvalue weighted by molar-refractivity contribution is -0.141. The van der Waals surface area contributed by atoms with E-state index in [0.29, 0.717) is 0 Å². The van der Waals surface area contributed by atoms with Gasteiger partial charge in [0, 0.05) is 12.3 Å². The third-order valence-corrected chi connectivity index (χ3v) is 1.77. The van der Waals surface area contributed by atoms with E-state index in [-0.39, 0.29) is 10.7 Å². The molecule has 2 aromatic heterocycles. The maximum atomic E-state index is 12.2. The first-order valence-electron chi connectivity index (χ1n) is 3.55. The highest BCUT2D eigenvalue weighted by molar-refractivity contribution is 6.30. The highest BCUT2D eigenvalue weighted by atomic mass is 35.5. The summed E-state index contributed by atoms with van der Waals surface area (Å²) in [7, 11) is 0. The molecule has 0 fully saturated rings. The number of nitrogens with zero attached hydrogens (tertiary/aromatic N) is 3. The first-order valence-corrected chi connectivity index (χ1v) is 3.93. The smallest absolute Gasteiger partial charge is 0.235 e. The minimum absolute atomic E-state index is 0.113. The highest BCUT2D eigenvalue weighted by Gasteiger charge is 2.34. The van der Waals surface area contributed by atoms with E-state index in [9.17, 15) is 13.2 Å². The van der Waals surface area contributed by atoms with Crippen molar-refractivity contribution in [2.75, 3.05) is 0 Å². The van der Waals surface area contributed by atoms with Crippen molar-refractivity contribution in [2.45, 2.75) is 6.18 Å². The molecule has 0 atom stereocenters. The zero-order chi connectivity index (χ0) is 10.3. The van der Waals surface area contributed by atoms with Crippen LogP contribution in [-0.4, -0.2) is 14.6 Å². The average Bonchev–Trinajstić information content (AvgIpc) is 2.45. The van der Waals surface area contributed by atoms with Gasteiger partial charge in [0.1, 0.15) is 0 Å².